The van der Waals surface area contributed by atoms with Gasteiger partial charge in [0.15, 0.2) is 0 Å². The van der Waals surface area contributed by atoms with Crippen molar-refractivity contribution in [2.75, 3.05) is 0 Å². The van der Waals surface area contributed by atoms with Crippen molar-refractivity contribution in [3.05, 3.63) is 52.4 Å². The van der Waals surface area contributed by atoms with Gasteiger partial charge in [-0.1, -0.05) is 12.1 Å². The lowest BCUT2D eigenvalue weighted by molar-refractivity contribution is 1.35. The Bertz CT molecular complexity index is 719. The van der Waals surface area contributed by atoms with Crippen molar-refractivity contribution in [1.82, 2.24) is 9.97 Å². The normalized spacial score (nSPS) is 12.3. The van der Waals surface area contributed by atoms with Gasteiger partial charge in [-0.15, -0.1) is 22.7 Å². The Balaban J connectivity index is 1.79. The maximum atomic E-state index is 4.51. The summed E-state index contributed by atoms with van der Waals surface area (Å²) in [6.07, 6.45) is 7.79. The van der Waals surface area contributed by atoms with Crippen LogP contribution in [-0.4, -0.2) is 16.2 Å². The van der Waals surface area contributed by atoms with Gasteiger partial charge < -0.3 is 4.98 Å². The average Bonchev–Trinajstić information content (AvgIpc) is 3.22. The van der Waals surface area contributed by atoms with Crippen LogP contribution in [0, 0.1) is 0 Å². The number of nitrogens with zero attached hydrogens (tertiary/aromatic N) is 2. The topological polar surface area (TPSA) is 41.0 Å². The van der Waals surface area contributed by atoms with Crippen LogP contribution < -0.4 is 0 Å². The SMILES string of the molecule is C/C=C(\C=N/c1cc(-c2cncs2)c[nH]1)c1cccs1. The minimum atomic E-state index is 0.851. The van der Waals surface area contributed by atoms with Gasteiger partial charge in [0, 0.05) is 34.6 Å². The molecule has 3 rings (SSSR count). The summed E-state index contributed by atoms with van der Waals surface area (Å²) >= 11 is 3.34. The third kappa shape index (κ3) is 2.79. The highest BCUT2D eigenvalue weighted by atomic mass is 32.1. The van der Waals surface area contributed by atoms with E-state index in [1.807, 2.05) is 43.2 Å². The van der Waals surface area contributed by atoms with Crippen molar-refractivity contribution in [3.63, 3.8) is 0 Å². The van der Waals surface area contributed by atoms with E-state index in [1.165, 1.54) is 4.88 Å². The second-order valence-corrected chi connectivity index (χ2v) is 5.95. The molecule has 20 heavy (non-hydrogen) atoms. The maximum absolute atomic E-state index is 4.51. The maximum Gasteiger partial charge on any atom is 0.130 e. The first-order valence-corrected chi connectivity index (χ1v) is 7.94. The molecule has 0 saturated heterocycles. The van der Waals surface area contributed by atoms with Crippen molar-refractivity contribution in [3.8, 4) is 10.4 Å². The Morgan fingerprint density at radius 3 is 3.05 bits per heavy atom. The van der Waals surface area contributed by atoms with Crippen molar-refractivity contribution < 1.29 is 0 Å². The molecule has 0 radical (unpaired) electrons. The van der Waals surface area contributed by atoms with Crippen LogP contribution in [-0.2, 0) is 0 Å². The summed E-state index contributed by atoms with van der Waals surface area (Å²) in [4.78, 5) is 14.1. The molecule has 0 fully saturated rings. The van der Waals surface area contributed by atoms with Crippen LogP contribution in [0.5, 0.6) is 0 Å². The molecule has 3 aromatic rings. The van der Waals surface area contributed by atoms with Crippen LogP contribution in [0.4, 0.5) is 5.82 Å². The van der Waals surface area contributed by atoms with Crippen LogP contribution in [0.3, 0.4) is 0 Å². The van der Waals surface area contributed by atoms with Gasteiger partial charge in [-0.05, 0) is 24.4 Å². The molecule has 0 aliphatic carbocycles. The number of rotatable bonds is 4. The predicted molar refractivity (Wildman–Crippen MR) is 88.0 cm³/mol. The van der Waals surface area contributed by atoms with E-state index < -0.39 is 0 Å². The monoisotopic (exact) mass is 299 g/mol. The second-order valence-electron chi connectivity index (χ2n) is 4.12. The van der Waals surface area contributed by atoms with Crippen LogP contribution in [0.15, 0.2) is 52.6 Å². The number of aliphatic imine (C=N–C) groups is 1. The number of aromatic nitrogens is 2. The quantitative estimate of drug-likeness (QED) is 0.676. The molecule has 0 amide bonds. The molecule has 0 saturated carbocycles. The molecule has 3 nitrogen and oxygen atoms in total. The third-order valence-electron chi connectivity index (χ3n) is 2.84. The van der Waals surface area contributed by atoms with Gasteiger partial charge in [0.05, 0.1) is 10.4 Å². The van der Waals surface area contributed by atoms with Crippen molar-refractivity contribution in [1.29, 1.82) is 0 Å². The zero-order valence-electron chi connectivity index (χ0n) is 10.9. The Labute approximate surface area is 125 Å². The van der Waals surface area contributed by atoms with Gasteiger partial charge >= 0.3 is 0 Å². The van der Waals surface area contributed by atoms with E-state index in [-0.39, 0.29) is 0 Å². The number of allylic oxidation sites excluding steroid dienone is 2. The van der Waals surface area contributed by atoms with Crippen molar-refractivity contribution >= 4 is 40.3 Å². The average molecular weight is 299 g/mol. The second kappa shape index (κ2) is 5.98. The number of thiazole rings is 1. The lowest BCUT2D eigenvalue weighted by atomic mass is 10.2. The summed E-state index contributed by atoms with van der Waals surface area (Å²) in [6.45, 7) is 2.03. The Kier molecular flexibility index (Phi) is 3.90. The summed E-state index contributed by atoms with van der Waals surface area (Å²) in [5, 5.41) is 2.07. The lowest BCUT2D eigenvalue weighted by Crippen LogP contribution is -1.80. The van der Waals surface area contributed by atoms with Gasteiger partial charge in [0.25, 0.3) is 0 Å². The van der Waals surface area contributed by atoms with E-state index in [1.54, 1.807) is 22.7 Å². The van der Waals surface area contributed by atoms with Gasteiger partial charge in [0.2, 0.25) is 0 Å². The summed E-state index contributed by atoms with van der Waals surface area (Å²) in [7, 11) is 0. The Morgan fingerprint density at radius 2 is 2.35 bits per heavy atom. The molecule has 0 aliphatic heterocycles. The molecule has 0 bridgehead atoms. The smallest absolute Gasteiger partial charge is 0.130 e. The molecule has 0 aromatic carbocycles. The molecule has 100 valence electrons. The number of H-pyrrole nitrogens is 1. The van der Waals surface area contributed by atoms with Gasteiger partial charge in [-0.2, -0.15) is 0 Å². The van der Waals surface area contributed by atoms with E-state index in [9.17, 15) is 0 Å². The summed E-state index contributed by atoms with van der Waals surface area (Å²) in [5.74, 6) is 0.851. The van der Waals surface area contributed by atoms with E-state index >= 15 is 0 Å². The molecule has 0 spiro atoms. The number of hydrogen-bond acceptors (Lipinski definition) is 4. The van der Waals surface area contributed by atoms with Crippen LogP contribution in [0.25, 0.3) is 16.0 Å². The van der Waals surface area contributed by atoms with Crippen LogP contribution >= 0.6 is 22.7 Å². The fourth-order valence-electron chi connectivity index (χ4n) is 1.82. The fraction of sp³-hybridized carbons (Fsp3) is 0.0667. The van der Waals surface area contributed by atoms with E-state index in [0.29, 0.717) is 0 Å². The molecule has 0 atom stereocenters. The highest BCUT2D eigenvalue weighted by Gasteiger charge is 2.03. The molecule has 0 aliphatic rings. The van der Waals surface area contributed by atoms with Crippen molar-refractivity contribution in [2.45, 2.75) is 6.92 Å². The first-order valence-electron chi connectivity index (χ1n) is 6.18. The van der Waals surface area contributed by atoms with Gasteiger partial charge in [-0.25, -0.2) is 4.99 Å². The molecular formula is C15H13N3S2. The molecule has 0 unspecified atom stereocenters. The molecule has 3 aromatic heterocycles. The van der Waals surface area contributed by atoms with Gasteiger partial charge in [0.1, 0.15) is 5.82 Å². The number of thiophene rings is 1. The largest absolute Gasteiger partial charge is 0.346 e. The number of aromatic amines is 1. The van der Waals surface area contributed by atoms with Gasteiger partial charge in [-0.3, -0.25) is 4.98 Å². The fourth-order valence-corrected chi connectivity index (χ4v) is 3.20. The van der Waals surface area contributed by atoms with E-state index in [2.05, 4.69) is 32.5 Å². The Hall–Kier alpha value is -1.98. The standard InChI is InChI=1S/C15H13N3S2/c1-2-11(13-4-3-5-19-13)7-17-15-6-12(8-18-15)14-9-16-10-20-14/h2-10,18H,1H3/b11-2+,17-7-. The summed E-state index contributed by atoms with van der Waals surface area (Å²) in [5.41, 5.74) is 4.09. The minimum absolute atomic E-state index is 0.851. The summed E-state index contributed by atoms with van der Waals surface area (Å²) in [6, 6.07) is 6.18. The summed E-state index contributed by atoms with van der Waals surface area (Å²) < 4.78 is 0. The molecule has 1 N–H and O–H groups in total. The van der Waals surface area contributed by atoms with Crippen molar-refractivity contribution in [2.24, 2.45) is 4.99 Å². The molecule has 3 heterocycles. The molecule has 5 heteroatoms. The zero-order chi connectivity index (χ0) is 13.8. The highest BCUT2D eigenvalue weighted by Crippen LogP contribution is 2.27. The third-order valence-corrected chi connectivity index (χ3v) is 4.59. The number of nitrogens with one attached hydrogen (secondary N) is 1. The highest BCUT2D eigenvalue weighted by molar-refractivity contribution is 7.13. The lowest BCUT2D eigenvalue weighted by Gasteiger charge is -1.95. The molecular weight excluding hydrogens is 286 g/mol. The van der Waals surface area contributed by atoms with E-state index in [0.717, 1.165) is 21.8 Å². The number of hydrogen-bond donors (Lipinski definition) is 1. The van der Waals surface area contributed by atoms with Crippen LogP contribution in [0.2, 0.25) is 0 Å². The first-order chi connectivity index (χ1) is 9.86. The predicted octanol–water partition coefficient (Wildman–Crippen LogP) is 5.01. The first kappa shape index (κ1) is 13.0. The minimum Gasteiger partial charge on any atom is -0.346 e. The van der Waals surface area contributed by atoms with E-state index in [4.69, 9.17) is 0 Å². The Morgan fingerprint density at radius 1 is 1.40 bits per heavy atom. The van der Waals surface area contributed by atoms with Crippen LogP contribution in [0.1, 0.15) is 11.8 Å². The zero-order valence-corrected chi connectivity index (χ0v) is 12.5.